The monoisotopic (exact) mass is 684 g/mol. The van der Waals surface area contributed by atoms with Crippen molar-refractivity contribution in [3.05, 3.63) is 63.0 Å². The van der Waals surface area contributed by atoms with Gasteiger partial charge >= 0.3 is 5.97 Å². The van der Waals surface area contributed by atoms with E-state index in [0.29, 0.717) is 51.4 Å². The Kier molecular flexibility index (Phi) is 11.3. The second-order valence-electron chi connectivity index (χ2n) is 10.1. The van der Waals surface area contributed by atoms with Gasteiger partial charge in [0.25, 0.3) is 5.91 Å². The number of carboxylic acids is 2. The van der Waals surface area contributed by atoms with E-state index in [-0.39, 0.29) is 17.4 Å². The number of nitrogens with zero attached hydrogens (tertiary/aromatic N) is 2. The Hall–Kier alpha value is -2.42. The quantitative estimate of drug-likeness (QED) is 0.163. The molecule has 1 aromatic heterocycles. The van der Waals surface area contributed by atoms with Crippen molar-refractivity contribution in [3.8, 4) is 0 Å². The summed E-state index contributed by atoms with van der Waals surface area (Å²) in [6.07, 6.45) is 0.897. The van der Waals surface area contributed by atoms with Gasteiger partial charge in [0.05, 0.1) is 16.7 Å². The van der Waals surface area contributed by atoms with Gasteiger partial charge in [-0.3, -0.25) is 14.5 Å². The van der Waals surface area contributed by atoms with Gasteiger partial charge in [-0.2, -0.15) is 0 Å². The molecule has 2 aliphatic rings. The number of β-lactam (4-membered cyclic amide) rings is 1. The average molecular weight is 686 g/mol. The summed E-state index contributed by atoms with van der Waals surface area (Å²) in [4.78, 5) is 51.6. The van der Waals surface area contributed by atoms with Crippen LogP contribution in [0.25, 0.3) is 0 Å². The number of aryl methyl sites for hydroxylation is 2. The molecule has 4 N–H and O–H groups in total. The van der Waals surface area contributed by atoms with Crippen LogP contribution in [0, 0.1) is 13.8 Å². The van der Waals surface area contributed by atoms with Gasteiger partial charge in [-0.05, 0) is 30.2 Å². The summed E-state index contributed by atoms with van der Waals surface area (Å²) in [5, 5.41) is 24.1. The molecular weight excluding hydrogens is 655 g/mol. The fraction of sp³-hybridized carbons (Fsp3) is 0.393. The van der Waals surface area contributed by atoms with Crippen molar-refractivity contribution < 1.29 is 34.0 Å². The number of fused-ring (bicyclic) bond motifs is 1. The smallest absolute Gasteiger partial charge is 0.352 e. The second kappa shape index (κ2) is 14.6. The molecule has 0 radical (unpaired) electrons. The summed E-state index contributed by atoms with van der Waals surface area (Å²) in [5.41, 5.74) is 8.10. The second-order valence-corrected chi connectivity index (χ2v) is 14.1. The Morgan fingerprint density at radius 3 is 2.56 bits per heavy atom. The van der Waals surface area contributed by atoms with Gasteiger partial charge in [0, 0.05) is 64.8 Å². The van der Waals surface area contributed by atoms with Crippen LogP contribution in [0.2, 0.25) is 10.0 Å². The first kappa shape index (κ1) is 33.5. The van der Waals surface area contributed by atoms with Gasteiger partial charge in [-0.15, -0.1) is 35.3 Å². The van der Waals surface area contributed by atoms with Crippen LogP contribution in [0.15, 0.2) is 51.4 Å². The topological polar surface area (TPSA) is 157 Å². The Balaban J connectivity index is 1.36. The molecular formula is C28H30Cl2N4O6S3. The molecule has 2 aliphatic heterocycles. The first-order valence-corrected chi connectivity index (χ1v) is 17.0. The molecule has 230 valence electrons. The van der Waals surface area contributed by atoms with Gasteiger partial charge in [0.1, 0.15) is 23.7 Å². The fourth-order valence-corrected chi connectivity index (χ4v) is 8.69. The van der Waals surface area contributed by atoms with E-state index in [9.17, 15) is 29.4 Å². The molecule has 0 unspecified atom stereocenters. The van der Waals surface area contributed by atoms with Crippen molar-refractivity contribution in [1.82, 2.24) is 10.2 Å². The largest absolute Gasteiger partial charge is 0.548 e. The number of rotatable bonds is 13. The number of amides is 2. The standard InChI is InChI=1S/C28H30Cl2N4O6S3/c1-14-8-18(9-15(2)33(14)7-3-4-20(31)27(37)38)41-11-16-12-43-26-23(25(36)34(26)24(16)28(39)40)32-22(35)13-42-21-10-17(29)5-6-19(21)30/h5-6,8-10,20,23,26H,3-4,7,11-13,31H2,1-2H3,(H2-,32,35,37,38,39,40)/t20-,23-,26-/m1/s1. The van der Waals surface area contributed by atoms with Crippen molar-refractivity contribution in [3.63, 3.8) is 0 Å². The van der Waals surface area contributed by atoms with Crippen LogP contribution in [0.4, 0.5) is 0 Å². The highest BCUT2D eigenvalue weighted by Crippen LogP contribution is 2.42. The molecule has 1 saturated heterocycles. The van der Waals surface area contributed by atoms with Crippen LogP contribution < -0.4 is 20.7 Å². The van der Waals surface area contributed by atoms with Gasteiger partial charge in [0.15, 0.2) is 11.4 Å². The van der Waals surface area contributed by atoms with Crippen molar-refractivity contribution in [1.29, 1.82) is 0 Å². The van der Waals surface area contributed by atoms with Crippen LogP contribution in [0.5, 0.6) is 0 Å². The number of aliphatic carboxylic acids is 2. The number of hydrogen-bond donors (Lipinski definition) is 3. The molecule has 15 heteroatoms. The molecule has 3 atom stereocenters. The molecule has 43 heavy (non-hydrogen) atoms. The summed E-state index contributed by atoms with van der Waals surface area (Å²) in [6, 6.07) is 7.13. The summed E-state index contributed by atoms with van der Waals surface area (Å²) < 4.78 is 2.07. The minimum absolute atomic E-state index is 0.0218. The molecule has 0 spiro atoms. The van der Waals surface area contributed by atoms with Crippen molar-refractivity contribution in [2.75, 3.05) is 17.3 Å². The molecule has 0 bridgehead atoms. The van der Waals surface area contributed by atoms with E-state index in [1.54, 1.807) is 18.2 Å². The average Bonchev–Trinajstić information content (AvgIpc) is 2.95. The maximum atomic E-state index is 13.0. The van der Waals surface area contributed by atoms with E-state index < -0.39 is 35.3 Å². The first-order valence-electron chi connectivity index (χ1n) is 13.2. The SMILES string of the molecule is Cc1cc(SCC2=C(C(=O)O)N3C(=O)[C@@H](NC(=O)CSc4cc(Cl)ccc4Cl)[C@H]3SC2)cc(C)[n+]1CCC[C@@H](N)C(=O)[O-]. The third kappa shape index (κ3) is 8.00. The lowest BCUT2D eigenvalue weighted by molar-refractivity contribution is -0.709. The van der Waals surface area contributed by atoms with Crippen LogP contribution in [0.3, 0.4) is 0 Å². The zero-order valence-electron chi connectivity index (χ0n) is 23.3. The van der Waals surface area contributed by atoms with E-state index in [2.05, 4.69) is 9.88 Å². The van der Waals surface area contributed by atoms with Crippen LogP contribution in [-0.4, -0.2) is 68.5 Å². The van der Waals surface area contributed by atoms with Crippen molar-refractivity contribution in [2.45, 2.75) is 60.5 Å². The van der Waals surface area contributed by atoms with Gasteiger partial charge in [0.2, 0.25) is 5.91 Å². The predicted octanol–water partition coefficient (Wildman–Crippen LogP) is 2.38. The summed E-state index contributed by atoms with van der Waals surface area (Å²) in [7, 11) is 0. The van der Waals surface area contributed by atoms with E-state index in [0.717, 1.165) is 16.3 Å². The highest BCUT2D eigenvalue weighted by Gasteiger charge is 2.54. The molecule has 4 rings (SSSR count). The van der Waals surface area contributed by atoms with E-state index in [1.165, 1.54) is 40.2 Å². The number of nitrogens with two attached hydrogens (primary N) is 1. The number of carbonyl (C=O) groups is 4. The molecule has 2 amide bonds. The lowest BCUT2D eigenvalue weighted by Gasteiger charge is -2.49. The number of thioether (sulfide) groups is 3. The molecule has 2 aromatic rings. The number of aromatic nitrogens is 1. The summed E-state index contributed by atoms with van der Waals surface area (Å²) >= 11 is 16.3. The summed E-state index contributed by atoms with van der Waals surface area (Å²) in [5.74, 6) is -2.46. The first-order chi connectivity index (χ1) is 20.4. The van der Waals surface area contributed by atoms with E-state index >= 15 is 0 Å². The number of hydrogen-bond acceptors (Lipinski definition) is 9. The molecule has 0 aliphatic carbocycles. The minimum atomic E-state index is -1.26. The van der Waals surface area contributed by atoms with Gasteiger partial charge in [-0.25, -0.2) is 9.36 Å². The predicted molar refractivity (Wildman–Crippen MR) is 166 cm³/mol. The Morgan fingerprint density at radius 1 is 1.21 bits per heavy atom. The number of carbonyl (C=O) groups excluding carboxylic acids is 3. The number of halogens is 2. The normalized spacial score (nSPS) is 18.6. The number of carboxylic acid groups (broad SMARTS) is 2. The van der Waals surface area contributed by atoms with Gasteiger partial charge in [-0.1, -0.05) is 23.2 Å². The van der Waals surface area contributed by atoms with Crippen LogP contribution in [-0.2, 0) is 25.7 Å². The van der Waals surface area contributed by atoms with Crippen molar-refractivity contribution >= 4 is 82.2 Å². The van der Waals surface area contributed by atoms with E-state index in [4.69, 9.17) is 28.9 Å². The summed E-state index contributed by atoms with van der Waals surface area (Å²) in [6.45, 7) is 4.51. The Morgan fingerprint density at radius 2 is 1.91 bits per heavy atom. The Bertz CT molecular complexity index is 1470. The van der Waals surface area contributed by atoms with Crippen LogP contribution >= 0.6 is 58.5 Å². The highest BCUT2D eigenvalue weighted by atomic mass is 35.5. The zero-order chi connectivity index (χ0) is 31.4. The number of benzene rings is 1. The van der Waals surface area contributed by atoms with Crippen molar-refractivity contribution in [2.24, 2.45) is 5.73 Å². The maximum Gasteiger partial charge on any atom is 0.352 e. The number of nitrogens with one attached hydrogen (secondary N) is 1. The molecule has 3 heterocycles. The van der Waals surface area contributed by atoms with Gasteiger partial charge < -0.3 is 26.1 Å². The fourth-order valence-electron chi connectivity index (χ4n) is 4.82. The number of pyridine rings is 1. The minimum Gasteiger partial charge on any atom is -0.548 e. The third-order valence-corrected chi connectivity index (χ3v) is 11.1. The maximum absolute atomic E-state index is 13.0. The lowest BCUT2D eigenvalue weighted by Crippen LogP contribution is -2.70. The molecule has 0 saturated carbocycles. The lowest BCUT2D eigenvalue weighted by atomic mass is 10.0. The zero-order valence-corrected chi connectivity index (χ0v) is 27.3. The molecule has 1 aromatic carbocycles. The van der Waals surface area contributed by atoms with E-state index in [1.807, 2.05) is 26.0 Å². The third-order valence-electron chi connectivity index (χ3n) is 6.98. The van der Waals surface area contributed by atoms with Crippen LogP contribution in [0.1, 0.15) is 24.2 Å². The highest BCUT2D eigenvalue weighted by molar-refractivity contribution is 8.01. The molecule has 10 nitrogen and oxygen atoms in total. The molecule has 1 fully saturated rings. The Labute approximate surface area is 271 Å².